The number of anilines is 2. The third kappa shape index (κ3) is 3.52. The second kappa shape index (κ2) is 5.96. The van der Waals surface area contributed by atoms with Gasteiger partial charge in [0.25, 0.3) is 0 Å². The number of benzene rings is 1. The van der Waals surface area contributed by atoms with Crippen LogP contribution in [0.2, 0.25) is 0 Å². The molecular formula is C12H15N5O2. The highest BCUT2D eigenvalue weighted by atomic mass is 16.5. The highest BCUT2D eigenvalue weighted by molar-refractivity contribution is 5.89. The van der Waals surface area contributed by atoms with Crippen molar-refractivity contribution in [3.8, 4) is 0 Å². The van der Waals surface area contributed by atoms with Crippen LogP contribution in [0.4, 0.5) is 11.8 Å². The minimum atomic E-state index is -0.489. The first kappa shape index (κ1) is 13.0. The van der Waals surface area contributed by atoms with Gasteiger partial charge in [-0.25, -0.2) is 4.98 Å². The minimum absolute atomic E-state index is 0.0889. The Kier molecular flexibility index (Phi) is 4.09. The van der Waals surface area contributed by atoms with Gasteiger partial charge >= 0.3 is 0 Å². The van der Waals surface area contributed by atoms with Crippen LogP contribution in [0, 0.1) is 0 Å². The number of primary amides is 1. The molecule has 0 aliphatic carbocycles. The van der Waals surface area contributed by atoms with Gasteiger partial charge in [-0.1, -0.05) is 12.1 Å². The molecule has 1 heterocycles. The average Bonchev–Trinajstić information content (AvgIpc) is 2.37. The summed E-state index contributed by atoms with van der Waals surface area (Å²) in [5, 5.41) is 3.98. The molecule has 0 fully saturated rings. The van der Waals surface area contributed by atoms with Gasteiger partial charge in [-0.15, -0.1) is 0 Å². The van der Waals surface area contributed by atoms with Crippen molar-refractivity contribution >= 4 is 28.6 Å². The van der Waals surface area contributed by atoms with Crippen LogP contribution in [0.15, 0.2) is 24.3 Å². The normalized spacial score (nSPS) is 10.5. The summed E-state index contributed by atoms with van der Waals surface area (Å²) in [7, 11) is 0. The largest absolute Gasteiger partial charge is 0.370 e. The van der Waals surface area contributed by atoms with Crippen molar-refractivity contribution in [1.29, 1.82) is 0 Å². The summed E-state index contributed by atoms with van der Waals surface area (Å²) in [6.07, 6.45) is 0. The van der Waals surface area contributed by atoms with Gasteiger partial charge in [0.15, 0.2) is 0 Å². The number of nitrogen functional groups attached to an aromatic ring is 1. The van der Waals surface area contributed by atoms with E-state index < -0.39 is 5.91 Å². The van der Waals surface area contributed by atoms with Gasteiger partial charge in [-0.3, -0.25) is 4.79 Å². The first-order valence-electron chi connectivity index (χ1n) is 5.79. The Balaban J connectivity index is 2.02. The number of rotatable bonds is 6. The molecule has 0 saturated heterocycles. The summed E-state index contributed by atoms with van der Waals surface area (Å²) in [6, 6.07) is 7.55. The van der Waals surface area contributed by atoms with Gasteiger partial charge in [0, 0.05) is 11.9 Å². The minimum Gasteiger partial charge on any atom is -0.370 e. The monoisotopic (exact) mass is 261 g/mol. The van der Waals surface area contributed by atoms with Crippen molar-refractivity contribution in [3.63, 3.8) is 0 Å². The van der Waals surface area contributed by atoms with Crippen LogP contribution in [-0.2, 0) is 9.53 Å². The molecule has 1 amide bonds. The Labute approximate surface area is 110 Å². The fourth-order valence-corrected chi connectivity index (χ4v) is 1.64. The van der Waals surface area contributed by atoms with Gasteiger partial charge in [-0.2, -0.15) is 4.98 Å². The predicted octanol–water partition coefficient (Wildman–Crippen LogP) is 0.126. The van der Waals surface area contributed by atoms with E-state index in [-0.39, 0.29) is 12.6 Å². The molecule has 0 bridgehead atoms. The molecule has 0 radical (unpaired) electrons. The van der Waals surface area contributed by atoms with E-state index in [9.17, 15) is 4.79 Å². The summed E-state index contributed by atoms with van der Waals surface area (Å²) in [5.74, 6) is 0.363. The molecule has 2 aromatic rings. The number of hydrogen-bond donors (Lipinski definition) is 3. The predicted molar refractivity (Wildman–Crippen MR) is 72.5 cm³/mol. The fraction of sp³-hybridized carbons (Fsp3) is 0.250. The third-order valence-corrected chi connectivity index (χ3v) is 2.40. The number of fused-ring (bicyclic) bond motifs is 1. The second-order valence-corrected chi connectivity index (χ2v) is 3.89. The van der Waals surface area contributed by atoms with E-state index in [1.54, 1.807) is 0 Å². The van der Waals surface area contributed by atoms with Crippen molar-refractivity contribution in [3.05, 3.63) is 24.3 Å². The van der Waals surface area contributed by atoms with E-state index in [2.05, 4.69) is 15.3 Å². The highest BCUT2D eigenvalue weighted by Crippen LogP contribution is 2.20. The Morgan fingerprint density at radius 3 is 2.89 bits per heavy atom. The van der Waals surface area contributed by atoms with Crippen molar-refractivity contribution in [2.24, 2.45) is 5.73 Å². The standard InChI is InChI=1S/C12H15N5O2/c13-10(18)7-19-6-5-15-11-8-3-1-2-4-9(8)16-12(14)17-11/h1-4H,5-7H2,(H2,13,18)(H3,14,15,16,17). The number of hydrogen-bond acceptors (Lipinski definition) is 6. The molecular weight excluding hydrogens is 246 g/mol. The van der Waals surface area contributed by atoms with Crippen molar-refractivity contribution < 1.29 is 9.53 Å². The Bertz CT molecular complexity index is 587. The smallest absolute Gasteiger partial charge is 0.243 e. The van der Waals surface area contributed by atoms with E-state index in [4.69, 9.17) is 16.2 Å². The summed E-state index contributed by atoms with van der Waals surface area (Å²) in [4.78, 5) is 18.8. The van der Waals surface area contributed by atoms with Crippen LogP contribution in [0.25, 0.3) is 10.9 Å². The fourth-order valence-electron chi connectivity index (χ4n) is 1.64. The number of nitrogens with zero attached hydrogens (tertiary/aromatic N) is 2. The van der Waals surface area contributed by atoms with Gasteiger partial charge in [0.05, 0.1) is 12.1 Å². The summed E-state index contributed by atoms with van der Waals surface area (Å²) < 4.78 is 5.05. The lowest BCUT2D eigenvalue weighted by atomic mass is 10.2. The van der Waals surface area contributed by atoms with Crippen molar-refractivity contribution in [2.45, 2.75) is 0 Å². The maximum absolute atomic E-state index is 10.5. The maximum Gasteiger partial charge on any atom is 0.243 e. The third-order valence-electron chi connectivity index (χ3n) is 2.40. The number of carbonyl (C=O) groups excluding carboxylic acids is 1. The number of carbonyl (C=O) groups is 1. The molecule has 0 unspecified atom stereocenters. The maximum atomic E-state index is 10.5. The number of aromatic nitrogens is 2. The zero-order valence-electron chi connectivity index (χ0n) is 10.3. The molecule has 1 aromatic heterocycles. The van der Waals surface area contributed by atoms with Crippen LogP contribution in [0.3, 0.4) is 0 Å². The topological polar surface area (TPSA) is 116 Å². The van der Waals surface area contributed by atoms with E-state index in [1.165, 1.54) is 0 Å². The Morgan fingerprint density at radius 2 is 2.11 bits per heavy atom. The molecule has 0 atom stereocenters. The lowest BCUT2D eigenvalue weighted by molar-refractivity contribution is -0.122. The number of nitrogens with one attached hydrogen (secondary N) is 1. The molecule has 7 heteroatoms. The molecule has 5 N–H and O–H groups in total. The molecule has 19 heavy (non-hydrogen) atoms. The van der Waals surface area contributed by atoms with Crippen LogP contribution >= 0.6 is 0 Å². The molecule has 0 spiro atoms. The number of nitrogens with two attached hydrogens (primary N) is 2. The van der Waals surface area contributed by atoms with E-state index in [1.807, 2.05) is 24.3 Å². The Hall–Kier alpha value is -2.41. The SMILES string of the molecule is NC(=O)COCCNc1nc(N)nc2ccccc12. The van der Waals surface area contributed by atoms with Crippen LogP contribution in [-0.4, -0.2) is 35.6 Å². The highest BCUT2D eigenvalue weighted by Gasteiger charge is 2.04. The quantitative estimate of drug-likeness (QED) is 0.636. The zero-order chi connectivity index (χ0) is 13.7. The van der Waals surface area contributed by atoms with Gasteiger partial charge in [-0.05, 0) is 12.1 Å². The second-order valence-electron chi connectivity index (χ2n) is 3.89. The number of para-hydroxylation sites is 1. The van der Waals surface area contributed by atoms with E-state index >= 15 is 0 Å². The van der Waals surface area contributed by atoms with Crippen LogP contribution in [0.5, 0.6) is 0 Å². The molecule has 0 saturated carbocycles. The number of ether oxygens (including phenoxy) is 1. The molecule has 2 rings (SSSR count). The van der Waals surface area contributed by atoms with Crippen LogP contribution in [0.1, 0.15) is 0 Å². The molecule has 7 nitrogen and oxygen atoms in total. The van der Waals surface area contributed by atoms with Gasteiger partial charge in [0.1, 0.15) is 12.4 Å². The lowest BCUT2D eigenvalue weighted by Crippen LogP contribution is -2.20. The first-order valence-corrected chi connectivity index (χ1v) is 5.79. The molecule has 0 aliphatic rings. The van der Waals surface area contributed by atoms with Gasteiger partial charge < -0.3 is 21.5 Å². The van der Waals surface area contributed by atoms with Crippen molar-refractivity contribution in [1.82, 2.24) is 9.97 Å². The molecule has 1 aromatic carbocycles. The van der Waals surface area contributed by atoms with E-state index in [0.717, 1.165) is 10.9 Å². The summed E-state index contributed by atoms with van der Waals surface area (Å²) >= 11 is 0. The average molecular weight is 261 g/mol. The Morgan fingerprint density at radius 1 is 1.32 bits per heavy atom. The number of amides is 1. The molecule has 0 aliphatic heterocycles. The summed E-state index contributed by atoms with van der Waals surface area (Å²) in [6.45, 7) is 0.753. The van der Waals surface area contributed by atoms with E-state index in [0.29, 0.717) is 19.0 Å². The van der Waals surface area contributed by atoms with Crippen LogP contribution < -0.4 is 16.8 Å². The van der Waals surface area contributed by atoms with Gasteiger partial charge in [0.2, 0.25) is 11.9 Å². The first-order chi connectivity index (χ1) is 9.16. The summed E-state index contributed by atoms with van der Waals surface area (Å²) in [5.41, 5.74) is 11.4. The van der Waals surface area contributed by atoms with Crippen molar-refractivity contribution in [2.75, 3.05) is 30.8 Å². The lowest BCUT2D eigenvalue weighted by Gasteiger charge is -2.09. The molecule has 100 valence electrons. The zero-order valence-corrected chi connectivity index (χ0v) is 10.3.